The van der Waals surface area contributed by atoms with Gasteiger partial charge in [-0.1, -0.05) is 11.6 Å². The standard InChI is InChI=1S/C24H22ClFN6/c1-30-5-3-4-14-12-32(13-22(14)30)17-8-18-19(25)9-21(28-24(18)27-10-17)15-6-16-11-31(2)29-23(16)20(26)7-15/h6-11,13-14H,3-5,12H2,1-2H3/t14-/m0/s1. The minimum atomic E-state index is -0.382. The van der Waals surface area contributed by atoms with E-state index < -0.39 is 0 Å². The second-order valence-electron chi connectivity index (χ2n) is 8.72. The number of fused-ring (bicyclic) bond motifs is 3. The van der Waals surface area contributed by atoms with Gasteiger partial charge in [0.2, 0.25) is 0 Å². The summed E-state index contributed by atoms with van der Waals surface area (Å²) in [5.41, 5.74) is 4.52. The first-order valence-corrected chi connectivity index (χ1v) is 11.1. The number of rotatable bonds is 2. The van der Waals surface area contributed by atoms with Crippen LogP contribution in [0.25, 0.3) is 33.2 Å². The molecule has 0 N–H and O–H groups in total. The molecule has 162 valence electrons. The SMILES string of the molecule is CN1CCC[C@H]2CN(c3cnc4nc(-c5cc(F)c6nn(C)cc6c5)cc(Cl)c4c3)C=C21. The van der Waals surface area contributed by atoms with Crippen molar-refractivity contribution in [2.24, 2.45) is 13.0 Å². The molecule has 6 nitrogen and oxygen atoms in total. The van der Waals surface area contributed by atoms with Gasteiger partial charge in [-0.05, 0) is 37.1 Å². The summed E-state index contributed by atoms with van der Waals surface area (Å²) in [6, 6.07) is 7.14. The Balaban J connectivity index is 1.39. The van der Waals surface area contributed by atoms with E-state index in [1.54, 1.807) is 24.0 Å². The number of nitrogens with zero attached hydrogens (tertiary/aromatic N) is 6. The van der Waals surface area contributed by atoms with E-state index in [1.807, 2.05) is 18.3 Å². The molecule has 0 aliphatic carbocycles. The van der Waals surface area contributed by atoms with Crippen molar-refractivity contribution in [3.63, 3.8) is 0 Å². The fraction of sp³-hybridized carbons (Fsp3) is 0.292. The lowest BCUT2D eigenvalue weighted by atomic mass is 9.97. The summed E-state index contributed by atoms with van der Waals surface area (Å²) in [6.45, 7) is 2.07. The molecule has 0 radical (unpaired) electrons. The average Bonchev–Trinajstić information content (AvgIpc) is 3.37. The van der Waals surface area contributed by atoms with Crippen molar-refractivity contribution >= 4 is 39.2 Å². The monoisotopic (exact) mass is 448 g/mol. The van der Waals surface area contributed by atoms with Gasteiger partial charge in [-0.2, -0.15) is 5.10 Å². The van der Waals surface area contributed by atoms with Crippen LogP contribution in [0.4, 0.5) is 10.1 Å². The number of likely N-dealkylation sites (tertiary alicyclic amines) is 1. The lowest BCUT2D eigenvalue weighted by Gasteiger charge is -2.30. The number of aromatic nitrogens is 4. The molecule has 0 amide bonds. The lowest BCUT2D eigenvalue weighted by molar-refractivity contribution is 0.297. The number of hydrogen-bond donors (Lipinski definition) is 0. The summed E-state index contributed by atoms with van der Waals surface area (Å²) in [4.78, 5) is 13.9. The third-order valence-electron chi connectivity index (χ3n) is 6.51. The highest BCUT2D eigenvalue weighted by Crippen LogP contribution is 2.36. The van der Waals surface area contributed by atoms with E-state index in [0.717, 1.165) is 29.5 Å². The fourth-order valence-electron chi connectivity index (χ4n) is 4.90. The van der Waals surface area contributed by atoms with Crippen LogP contribution in [0.2, 0.25) is 5.02 Å². The predicted octanol–water partition coefficient (Wildman–Crippen LogP) is 4.98. The fourth-order valence-corrected chi connectivity index (χ4v) is 5.14. The van der Waals surface area contributed by atoms with Crippen molar-refractivity contribution < 1.29 is 4.39 Å². The Kier molecular flexibility index (Phi) is 4.37. The molecule has 0 unspecified atom stereocenters. The van der Waals surface area contributed by atoms with Crippen LogP contribution in [-0.2, 0) is 7.05 Å². The van der Waals surface area contributed by atoms with Crippen molar-refractivity contribution in [1.29, 1.82) is 0 Å². The maximum absolute atomic E-state index is 14.6. The van der Waals surface area contributed by atoms with Crippen molar-refractivity contribution in [1.82, 2.24) is 24.6 Å². The quantitative estimate of drug-likeness (QED) is 0.433. The molecular formula is C24H22ClFN6. The van der Waals surface area contributed by atoms with E-state index >= 15 is 0 Å². The van der Waals surface area contributed by atoms with Gasteiger partial charge in [0.15, 0.2) is 11.5 Å². The molecule has 6 rings (SSSR count). The Morgan fingerprint density at radius 1 is 1.16 bits per heavy atom. The van der Waals surface area contributed by atoms with E-state index in [0.29, 0.717) is 33.4 Å². The van der Waals surface area contributed by atoms with Gasteiger partial charge in [0, 0.05) is 67.5 Å². The minimum absolute atomic E-state index is 0.344. The van der Waals surface area contributed by atoms with Crippen LogP contribution in [-0.4, -0.2) is 44.8 Å². The Morgan fingerprint density at radius 2 is 2.03 bits per heavy atom. The summed E-state index contributed by atoms with van der Waals surface area (Å²) in [5, 5.41) is 6.22. The molecular weight excluding hydrogens is 427 g/mol. The van der Waals surface area contributed by atoms with E-state index in [4.69, 9.17) is 11.6 Å². The second-order valence-corrected chi connectivity index (χ2v) is 9.13. The number of pyridine rings is 2. The second kappa shape index (κ2) is 7.17. The Bertz CT molecular complexity index is 1410. The Morgan fingerprint density at radius 3 is 2.88 bits per heavy atom. The third kappa shape index (κ3) is 3.11. The van der Waals surface area contributed by atoms with Crippen molar-refractivity contribution in [2.45, 2.75) is 12.8 Å². The van der Waals surface area contributed by atoms with Crippen LogP contribution in [0.1, 0.15) is 12.8 Å². The highest BCUT2D eigenvalue weighted by atomic mass is 35.5. The smallest absolute Gasteiger partial charge is 0.161 e. The summed E-state index contributed by atoms with van der Waals surface area (Å²) in [7, 11) is 3.93. The zero-order chi connectivity index (χ0) is 22.0. The first kappa shape index (κ1) is 19.5. The topological polar surface area (TPSA) is 50.1 Å². The normalized spacial score (nSPS) is 18.5. The number of aryl methyl sites for hydroxylation is 1. The summed E-state index contributed by atoms with van der Waals surface area (Å²) in [5.74, 6) is 0.186. The first-order valence-electron chi connectivity index (χ1n) is 10.8. The zero-order valence-electron chi connectivity index (χ0n) is 17.9. The summed E-state index contributed by atoms with van der Waals surface area (Å²) >= 11 is 6.67. The highest BCUT2D eigenvalue weighted by Gasteiger charge is 2.30. The van der Waals surface area contributed by atoms with E-state index in [-0.39, 0.29) is 5.82 Å². The van der Waals surface area contributed by atoms with Gasteiger partial charge in [-0.25, -0.2) is 14.4 Å². The van der Waals surface area contributed by atoms with E-state index in [1.165, 1.54) is 24.6 Å². The van der Waals surface area contributed by atoms with Crippen molar-refractivity contribution in [2.75, 3.05) is 25.0 Å². The molecule has 0 saturated carbocycles. The number of piperidine rings is 1. The maximum Gasteiger partial charge on any atom is 0.161 e. The van der Waals surface area contributed by atoms with Crippen LogP contribution in [0, 0.1) is 11.7 Å². The van der Waals surface area contributed by atoms with Crippen LogP contribution >= 0.6 is 11.6 Å². The largest absolute Gasteiger partial charge is 0.376 e. The maximum atomic E-state index is 14.6. The van der Waals surface area contributed by atoms with Gasteiger partial charge < -0.3 is 9.80 Å². The van der Waals surface area contributed by atoms with Crippen LogP contribution < -0.4 is 4.90 Å². The van der Waals surface area contributed by atoms with Gasteiger partial charge in [0.1, 0.15) is 5.52 Å². The Labute approximate surface area is 189 Å². The third-order valence-corrected chi connectivity index (χ3v) is 6.83. The predicted molar refractivity (Wildman–Crippen MR) is 125 cm³/mol. The summed E-state index contributed by atoms with van der Waals surface area (Å²) in [6.07, 6.45) is 8.31. The molecule has 0 bridgehead atoms. The minimum Gasteiger partial charge on any atom is -0.376 e. The average molecular weight is 449 g/mol. The molecule has 32 heavy (non-hydrogen) atoms. The molecule has 8 heteroatoms. The highest BCUT2D eigenvalue weighted by molar-refractivity contribution is 6.35. The number of anilines is 1. The van der Waals surface area contributed by atoms with Crippen molar-refractivity contribution in [3.05, 3.63) is 59.4 Å². The zero-order valence-corrected chi connectivity index (χ0v) is 18.6. The molecule has 1 fully saturated rings. The van der Waals surface area contributed by atoms with Gasteiger partial charge in [0.25, 0.3) is 0 Å². The number of hydrogen-bond acceptors (Lipinski definition) is 5. The molecule has 2 aliphatic rings. The van der Waals surface area contributed by atoms with Crippen LogP contribution in [0.3, 0.4) is 0 Å². The molecule has 0 spiro atoms. The van der Waals surface area contributed by atoms with E-state index in [9.17, 15) is 4.39 Å². The first-order chi connectivity index (χ1) is 15.5. The van der Waals surface area contributed by atoms with Crippen LogP contribution in [0.5, 0.6) is 0 Å². The molecule has 1 atom stereocenters. The molecule has 3 aromatic heterocycles. The molecule has 4 aromatic rings. The number of benzene rings is 1. The van der Waals surface area contributed by atoms with Crippen molar-refractivity contribution in [3.8, 4) is 11.3 Å². The summed E-state index contributed by atoms with van der Waals surface area (Å²) < 4.78 is 16.2. The van der Waals surface area contributed by atoms with Gasteiger partial charge in [-0.15, -0.1) is 0 Å². The molecule has 1 saturated heterocycles. The lowest BCUT2D eigenvalue weighted by Crippen LogP contribution is -2.29. The van der Waals surface area contributed by atoms with Gasteiger partial charge in [0.05, 0.1) is 22.6 Å². The Hall–Kier alpha value is -3.19. The molecule has 5 heterocycles. The van der Waals surface area contributed by atoms with E-state index in [2.05, 4.69) is 38.1 Å². The molecule has 1 aromatic carbocycles. The van der Waals surface area contributed by atoms with Gasteiger partial charge >= 0.3 is 0 Å². The van der Waals surface area contributed by atoms with Crippen LogP contribution in [0.15, 0.2) is 48.6 Å². The number of halogens is 2. The van der Waals surface area contributed by atoms with Gasteiger partial charge in [-0.3, -0.25) is 4.68 Å². The molecule has 2 aliphatic heterocycles.